The van der Waals surface area contributed by atoms with Crippen molar-refractivity contribution in [2.24, 2.45) is 5.92 Å². The number of hydrogen-bond acceptors (Lipinski definition) is 5. The molecule has 134 valence electrons. The van der Waals surface area contributed by atoms with Crippen LogP contribution in [0.4, 0.5) is 0 Å². The van der Waals surface area contributed by atoms with Crippen molar-refractivity contribution in [2.45, 2.75) is 32.5 Å². The highest BCUT2D eigenvalue weighted by Crippen LogP contribution is 2.20. The normalized spacial score (nSPS) is 16.2. The number of pyridine rings is 1. The maximum Gasteiger partial charge on any atom is 0.132 e. The van der Waals surface area contributed by atoms with E-state index in [1.165, 1.54) is 5.56 Å². The van der Waals surface area contributed by atoms with Crippen LogP contribution >= 0.6 is 0 Å². The molecule has 0 unspecified atom stereocenters. The molecule has 0 fully saturated rings. The van der Waals surface area contributed by atoms with Crippen LogP contribution in [0.2, 0.25) is 0 Å². The summed E-state index contributed by atoms with van der Waals surface area (Å²) >= 11 is 0. The van der Waals surface area contributed by atoms with Gasteiger partial charge in [-0.1, -0.05) is 24.3 Å². The number of ether oxygens (including phenoxy) is 1. The third kappa shape index (κ3) is 4.08. The van der Waals surface area contributed by atoms with E-state index >= 15 is 0 Å². The van der Waals surface area contributed by atoms with Crippen LogP contribution in [0, 0.1) is 5.92 Å². The Kier molecular flexibility index (Phi) is 5.21. The Labute approximate surface area is 153 Å². The average molecular weight is 349 g/mol. The van der Waals surface area contributed by atoms with Crippen molar-refractivity contribution >= 4 is 0 Å². The fraction of sp³-hybridized carbons (Fsp3) is 0.350. The van der Waals surface area contributed by atoms with E-state index in [0.717, 1.165) is 49.6 Å². The molecule has 0 saturated heterocycles. The molecule has 26 heavy (non-hydrogen) atoms. The summed E-state index contributed by atoms with van der Waals surface area (Å²) in [5.41, 5.74) is 2.25. The van der Waals surface area contributed by atoms with Crippen LogP contribution < -0.4 is 10.1 Å². The first-order chi connectivity index (χ1) is 12.9. The van der Waals surface area contributed by atoms with Crippen molar-refractivity contribution in [3.63, 3.8) is 0 Å². The Morgan fingerprint density at radius 3 is 3.08 bits per heavy atom. The Morgan fingerprint density at radius 2 is 2.15 bits per heavy atom. The Morgan fingerprint density at radius 1 is 1.19 bits per heavy atom. The number of hydrogen-bond donors (Lipinski definition) is 1. The van der Waals surface area contributed by atoms with Gasteiger partial charge >= 0.3 is 0 Å². The number of nitrogens with one attached hydrogen (secondary N) is 1. The lowest BCUT2D eigenvalue weighted by atomic mass is 9.99. The van der Waals surface area contributed by atoms with E-state index in [0.29, 0.717) is 12.5 Å². The number of aryl methyl sites for hydroxylation is 1. The van der Waals surface area contributed by atoms with Crippen LogP contribution in [-0.4, -0.2) is 26.3 Å². The van der Waals surface area contributed by atoms with Crippen molar-refractivity contribution in [1.82, 2.24) is 25.1 Å². The summed E-state index contributed by atoms with van der Waals surface area (Å²) in [5.74, 6) is 2.64. The number of rotatable bonds is 7. The predicted octanol–water partition coefficient (Wildman–Crippen LogP) is 2.60. The third-order valence-corrected chi connectivity index (χ3v) is 4.77. The molecule has 0 spiro atoms. The highest BCUT2D eigenvalue weighted by atomic mass is 16.5. The van der Waals surface area contributed by atoms with E-state index in [2.05, 4.69) is 37.2 Å². The van der Waals surface area contributed by atoms with Crippen LogP contribution in [0.1, 0.15) is 23.4 Å². The van der Waals surface area contributed by atoms with Gasteiger partial charge in [0.2, 0.25) is 0 Å². The van der Waals surface area contributed by atoms with E-state index in [-0.39, 0.29) is 0 Å². The smallest absolute Gasteiger partial charge is 0.132 e. The second-order valence-electron chi connectivity index (χ2n) is 6.69. The van der Waals surface area contributed by atoms with Gasteiger partial charge < -0.3 is 14.6 Å². The van der Waals surface area contributed by atoms with E-state index in [1.807, 2.05) is 36.8 Å². The van der Waals surface area contributed by atoms with Crippen molar-refractivity contribution < 1.29 is 4.74 Å². The minimum Gasteiger partial charge on any atom is -0.489 e. The zero-order valence-corrected chi connectivity index (χ0v) is 14.7. The van der Waals surface area contributed by atoms with E-state index in [1.54, 1.807) is 6.20 Å². The average Bonchev–Trinajstić information content (AvgIpc) is 3.16. The summed E-state index contributed by atoms with van der Waals surface area (Å²) in [7, 11) is 0. The van der Waals surface area contributed by atoms with Crippen molar-refractivity contribution in [3.05, 3.63) is 72.1 Å². The minimum atomic E-state index is 0.532. The first-order valence-corrected chi connectivity index (χ1v) is 9.05. The summed E-state index contributed by atoms with van der Waals surface area (Å²) in [6.07, 6.45) is 7.61. The summed E-state index contributed by atoms with van der Waals surface area (Å²) < 4.78 is 8.17. The summed E-state index contributed by atoms with van der Waals surface area (Å²) in [6, 6.07) is 12.2. The molecule has 0 bridgehead atoms. The molecule has 1 aliphatic rings. The third-order valence-electron chi connectivity index (χ3n) is 4.77. The topological polar surface area (TPSA) is 64.9 Å². The maximum atomic E-state index is 6.00. The molecule has 6 heteroatoms. The predicted molar refractivity (Wildman–Crippen MR) is 98.6 cm³/mol. The molecular formula is C20H23N5O. The monoisotopic (exact) mass is 349 g/mol. The Bertz CT molecular complexity index is 833. The first-order valence-electron chi connectivity index (χ1n) is 9.05. The van der Waals surface area contributed by atoms with Gasteiger partial charge in [0.15, 0.2) is 0 Å². The van der Waals surface area contributed by atoms with Gasteiger partial charge in [-0.2, -0.15) is 0 Å². The molecule has 1 aliphatic heterocycles. The van der Waals surface area contributed by atoms with Gasteiger partial charge in [0, 0.05) is 43.0 Å². The second-order valence-corrected chi connectivity index (χ2v) is 6.69. The van der Waals surface area contributed by atoms with Gasteiger partial charge in [0.25, 0.3) is 0 Å². The molecule has 0 saturated carbocycles. The Balaban J connectivity index is 1.30. The van der Waals surface area contributed by atoms with Gasteiger partial charge in [-0.25, -0.2) is 0 Å². The lowest BCUT2D eigenvalue weighted by Gasteiger charge is -2.23. The lowest BCUT2D eigenvalue weighted by molar-refractivity contribution is 0.300. The van der Waals surface area contributed by atoms with Crippen LogP contribution in [0.25, 0.3) is 0 Å². The van der Waals surface area contributed by atoms with Crippen LogP contribution in [-0.2, 0) is 26.1 Å². The van der Waals surface area contributed by atoms with Crippen LogP contribution in [0.5, 0.6) is 5.75 Å². The van der Waals surface area contributed by atoms with Gasteiger partial charge in [-0.15, -0.1) is 10.2 Å². The molecule has 4 rings (SSSR count). The lowest BCUT2D eigenvalue weighted by Crippen LogP contribution is -2.29. The molecule has 1 N–H and O–H groups in total. The molecule has 0 radical (unpaired) electrons. The molecular weight excluding hydrogens is 326 g/mol. The minimum absolute atomic E-state index is 0.532. The fourth-order valence-electron chi connectivity index (χ4n) is 3.34. The number of aromatic nitrogens is 4. The molecule has 6 nitrogen and oxygen atoms in total. The van der Waals surface area contributed by atoms with E-state index in [9.17, 15) is 0 Å². The molecule has 0 aliphatic carbocycles. The van der Waals surface area contributed by atoms with Crippen LogP contribution in [0.3, 0.4) is 0 Å². The summed E-state index contributed by atoms with van der Waals surface area (Å²) in [4.78, 5) is 4.13. The molecule has 1 atom stereocenters. The summed E-state index contributed by atoms with van der Waals surface area (Å²) in [5, 5.41) is 11.7. The molecule has 2 aromatic heterocycles. The number of para-hydroxylation sites is 1. The number of fused-ring (bicyclic) bond motifs is 1. The highest BCUT2D eigenvalue weighted by molar-refractivity contribution is 5.33. The highest BCUT2D eigenvalue weighted by Gasteiger charge is 2.19. The zero-order valence-electron chi connectivity index (χ0n) is 14.7. The van der Waals surface area contributed by atoms with E-state index in [4.69, 9.17) is 4.74 Å². The largest absolute Gasteiger partial charge is 0.489 e. The van der Waals surface area contributed by atoms with Gasteiger partial charge in [0.1, 0.15) is 24.5 Å². The SMILES string of the molecule is c1cncc(COc2ccccc2CNC[C@@H]2CCc3nncn3C2)c1. The first kappa shape index (κ1) is 16.7. The standard InChI is InChI=1S/C20H23N5O/c1-2-6-19(26-14-17-4-3-9-21-11-17)18(5-1)12-22-10-16-7-8-20-24-23-15-25(20)13-16/h1-6,9,11,15-16,22H,7-8,10,12-14H2/t16-/m0/s1. The van der Waals surface area contributed by atoms with Crippen molar-refractivity contribution in [1.29, 1.82) is 0 Å². The van der Waals surface area contributed by atoms with Gasteiger partial charge in [0.05, 0.1) is 0 Å². The fourth-order valence-corrected chi connectivity index (χ4v) is 3.34. The van der Waals surface area contributed by atoms with Crippen LogP contribution in [0.15, 0.2) is 55.1 Å². The zero-order chi connectivity index (χ0) is 17.6. The second kappa shape index (κ2) is 8.10. The summed E-state index contributed by atoms with van der Waals surface area (Å²) in [6.45, 7) is 3.31. The van der Waals surface area contributed by atoms with Crippen molar-refractivity contribution in [3.8, 4) is 5.75 Å². The molecule has 3 heterocycles. The number of benzene rings is 1. The van der Waals surface area contributed by atoms with E-state index < -0.39 is 0 Å². The molecule has 0 amide bonds. The van der Waals surface area contributed by atoms with Gasteiger partial charge in [-0.05, 0) is 31.0 Å². The maximum absolute atomic E-state index is 6.00. The van der Waals surface area contributed by atoms with Crippen molar-refractivity contribution in [2.75, 3.05) is 6.54 Å². The Hall–Kier alpha value is -2.73. The quantitative estimate of drug-likeness (QED) is 0.710. The molecule has 1 aromatic carbocycles. The molecule has 3 aromatic rings. The number of nitrogens with zero attached hydrogens (tertiary/aromatic N) is 4. The van der Waals surface area contributed by atoms with Gasteiger partial charge in [-0.3, -0.25) is 4.98 Å².